The summed E-state index contributed by atoms with van der Waals surface area (Å²) < 4.78 is 10.9. The number of carbonyl (C=O) groups excluding carboxylic acids is 2. The highest BCUT2D eigenvalue weighted by atomic mass is 16.5. The number of aryl methyl sites for hydroxylation is 1. The molecule has 1 aromatic carbocycles. The Labute approximate surface area is 175 Å². The first-order chi connectivity index (χ1) is 14.6. The quantitative estimate of drug-likeness (QED) is 0.448. The molecule has 2 saturated heterocycles. The normalized spacial score (nSPS) is 22.0. The predicted molar refractivity (Wildman–Crippen MR) is 111 cm³/mol. The van der Waals surface area contributed by atoms with Gasteiger partial charge in [0.25, 0.3) is 11.7 Å². The highest BCUT2D eigenvalue weighted by Gasteiger charge is 2.47. The lowest BCUT2D eigenvalue weighted by atomic mass is 9.99. The van der Waals surface area contributed by atoms with Crippen LogP contribution in [0, 0.1) is 6.92 Å². The minimum absolute atomic E-state index is 0.0742. The van der Waals surface area contributed by atoms with Gasteiger partial charge in [-0.05, 0) is 25.5 Å². The molecule has 158 valence electrons. The van der Waals surface area contributed by atoms with Crippen LogP contribution in [0.4, 0.5) is 0 Å². The van der Waals surface area contributed by atoms with Gasteiger partial charge >= 0.3 is 0 Å². The number of ether oxygens (including phenoxy) is 1. The van der Waals surface area contributed by atoms with E-state index in [4.69, 9.17) is 9.15 Å². The highest BCUT2D eigenvalue weighted by Crippen LogP contribution is 2.39. The minimum Gasteiger partial charge on any atom is -0.507 e. The number of furan rings is 1. The third-order valence-corrected chi connectivity index (χ3v) is 5.65. The maximum absolute atomic E-state index is 12.9. The van der Waals surface area contributed by atoms with Crippen LogP contribution in [0.2, 0.25) is 0 Å². The Bertz CT molecular complexity index is 927. The van der Waals surface area contributed by atoms with Gasteiger partial charge in [-0.2, -0.15) is 0 Å². The number of amides is 1. The largest absolute Gasteiger partial charge is 0.507 e. The van der Waals surface area contributed by atoms with Crippen LogP contribution in [0.3, 0.4) is 0 Å². The molecule has 30 heavy (non-hydrogen) atoms. The van der Waals surface area contributed by atoms with Crippen molar-refractivity contribution in [3.05, 3.63) is 65.1 Å². The van der Waals surface area contributed by atoms with Gasteiger partial charge in [0, 0.05) is 31.7 Å². The SMILES string of the molecule is Cc1ccc(/C(O)=C2\C(=O)C(=O)N(CCCN3CCOCC3)[C@@H]2c2ccco2)cc1. The number of aliphatic hydroxyl groups is 1. The lowest BCUT2D eigenvalue weighted by Crippen LogP contribution is -2.38. The smallest absolute Gasteiger partial charge is 0.295 e. The molecule has 0 radical (unpaired) electrons. The minimum atomic E-state index is -0.731. The number of rotatable bonds is 6. The molecule has 7 heteroatoms. The van der Waals surface area contributed by atoms with Gasteiger partial charge in [-0.15, -0.1) is 0 Å². The van der Waals surface area contributed by atoms with E-state index >= 15 is 0 Å². The standard InChI is InChI=1S/C23H26N2O5/c1-16-5-7-17(8-6-16)21(26)19-20(18-4-2-13-30-18)25(23(28)22(19)27)10-3-9-24-11-14-29-15-12-24/h2,4-8,13,20,26H,3,9-12,14-15H2,1H3/b21-19+/t20-/m1/s1. The molecular formula is C23H26N2O5. The monoisotopic (exact) mass is 410 g/mol. The number of hydrogen-bond donors (Lipinski definition) is 1. The van der Waals surface area contributed by atoms with E-state index in [2.05, 4.69) is 4.90 Å². The summed E-state index contributed by atoms with van der Waals surface area (Å²) in [7, 11) is 0. The topological polar surface area (TPSA) is 83.2 Å². The summed E-state index contributed by atoms with van der Waals surface area (Å²) in [5, 5.41) is 10.9. The second-order valence-electron chi connectivity index (χ2n) is 7.68. The van der Waals surface area contributed by atoms with Gasteiger partial charge in [-0.1, -0.05) is 29.8 Å². The van der Waals surface area contributed by atoms with Crippen LogP contribution in [0.25, 0.3) is 5.76 Å². The summed E-state index contributed by atoms with van der Waals surface area (Å²) in [6.07, 6.45) is 2.23. The number of morpholine rings is 1. The molecule has 7 nitrogen and oxygen atoms in total. The van der Waals surface area contributed by atoms with Crippen LogP contribution in [-0.4, -0.2) is 66.0 Å². The molecule has 4 rings (SSSR count). The van der Waals surface area contributed by atoms with Crippen LogP contribution >= 0.6 is 0 Å². The third kappa shape index (κ3) is 4.04. The van der Waals surface area contributed by atoms with E-state index < -0.39 is 17.7 Å². The highest BCUT2D eigenvalue weighted by molar-refractivity contribution is 6.46. The first-order valence-electron chi connectivity index (χ1n) is 10.2. The van der Waals surface area contributed by atoms with Gasteiger partial charge in [0.15, 0.2) is 0 Å². The molecule has 0 spiro atoms. The first kappa shape index (κ1) is 20.4. The molecule has 0 aliphatic carbocycles. The molecule has 2 aliphatic heterocycles. The second-order valence-corrected chi connectivity index (χ2v) is 7.68. The Morgan fingerprint density at radius 2 is 1.83 bits per heavy atom. The Morgan fingerprint density at radius 1 is 1.10 bits per heavy atom. The van der Waals surface area contributed by atoms with Crippen molar-refractivity contribution >= 4 is 17.4 Å². The van der Waals surface area contributed by atoms with Gasteiger partial charge < -0.3 is 19.2 Å². The van der Waals surface area contributed by atoms with Crippen molar-refractivity contribution in [2.75, 3.05) is 39.4 Å². The van der Waals surface area contributed by atoms with Gasteiger partial charge in [-0.3, -0.25) is 14.5 Å². The summed E-state index contributed by atoms with van der Waals surface area (Å²) >= 11 is 0. The van der Waals surface area contributed by atoms with Crippen LogP contribution < -0.4 is 0 Å². The summed E-state index contributed by atoms with van der Waals surface area (Å²) in [6.45, 7) is 6.33. The summed E-state index contributed by atoms with van der Waals surface area (Å²) in [6, 6.07) is 9.92. The van der Waals surface area contributed by atoms with Gasteiger partial charge in [0.05, 0.1) is 25.1 Å². The van der Waals surface area contributed by atoms with E-state index in [0.717, 1.165) is 31.6 Å². The van der Waals surface area contributed by atoms with Crippen LogP contribution in [0.15, 0.2) is 52.7 Å². The number of carbonyl (C=O) groups is 2. The maximum Gasteiger partial charge on any atom is 0.295 e. The van der Waals surface area contributed by atoms with Crippen molar-refractivity contribution < 1.29 is 23.8 Å². The number of benzene rings is 1. The van der Waals surface area contributed by atoms with Crippen molar-refractivity contribution in [2.24, 2.45) is 0 Å². The molecule has 2 fully saturated rings. The van der Waals surface area contributed by atoms with Crippen molar-refractivity contribution in [3.8, 4) is 0 Å². The maximum atomic E-state index is 12.9. The van der Waals surface area contributed by atoms with E-state index in [9.17, 15) is 14.7 Å². The average molecular weight is 410 g/mol. The summed E-state index contributed by atoms with van der Waals surface area (Å²) in [5.74, 6) is -0.993. The zero-order valence-corrected chi connectivity index (χ0v) is 17.0. The van der Waals surface area contributed by atoms with Crippen LogP contribution in [-0.2, 0) is 14.3 Å². The van der Waals surface area contributed by atoms with Crippen molar-refractivity contribution in [1.82, 2.24) is 9.80 Å². The molecule has 1 atom stereocenters. The lowest BCUT2D eigenvalue weighted by molar-refractivity contribution is -0.140. The molecule has 1 amide bonds. The van der Waals surface area contributed by atoms with Crippen LogP contribution in [0.1, 0.15) is 29.3 Å². The summed E-state index contributed by atoms with van der Waals surface area (Å²) in [4.78, 5) is 29.5. The first-order valence-corrected chi connectivity index (χ1v) is 10.2. The van der Waals surface area contributed by atoms with Gasteiger partial charge in [0.1, 0.15) is 17.6 Å². The van der Waals surface area contributed by atoms with E-state index in [1.165, 1.54) is 11.2 Å². The van der Waals surface area contributed by atoms with Crippen LogP contribution in [0.5, 0.6) is 0 Å². The zero-order chi connectivity index (χ0) is 21.1. The van der Waals surface area contributed by atoms with Crippen molar-refractivity contribution in [1.29, 1.82) is 0 Å². The molecule has 0 bridgehead atoms. The number of nitrogens with zero attached hydrogens (tertiary/aromatic N) is 2. The van der Waals surface area contributed by atoms with E-state index in [-0.39, 0.29) is 11.3 Å². The lowest BCUT2D eigenvalue weighted by Gasteiger charge is -2.28. The second kappa shape index (κ2) is 8.85. The molecule has 0 saturated carbocycles. The predicted octanol–water partition coefficient (Wildman–Crippen LogP) is 2.73. The molecule has 3 heterocycles. The Morgan fingerprint density at radius 3 is 2.50 bits per heavy atom. The average Bonchev–Trinajstić information content (AvgIpc) is 3.37. The van der Waals surface area contributed by atoms with Gasteiger partial charge in [0.2, 0.25) is 0 Å². The number of aliphatic hydroxyl groups excluding tert-OH is 1. The summed E-state index contributed by atoms with van der Waals surface area (Å²) in [5.41, 5.74) is 1.62. The van der Waals surface area contributed by atoms with Crippen molar-refractivity contribution in [2.45, 2.75) is 19.4 Å². The molecular weight excluding hydrogens is 384 g/mol. The number of ketones is 1. The Hall–Kier alpha value is -2.90. The number of Topliss-reactive ketones (excluding diaryl/α,β-unsaturated/α-hetero) is 1. The fourth-order valence-corrected chi connectivity index (χ4v) is 4.01. The van der Waals surface area contributed by atoms with E-state index in [1.54, 1.807) is 24.3 Å². The fourth-order valence-electron chi connectivity index (χ4n) is 4.01. The Kier molecular flexibility index (Phi) is 6.01. The molecule has 2 aliphatic rings. The van der Waals surface area contributed by atoms with E-state index in [0.29, 0.717) is 31.1 Å². The molecule has 1 aromatic heterocycles. The molecule has 1 N–H and O–H groups in total. The Balaban J connectivity index is 1.61. The van der Waals surface area contributed by atoms with Crippen molar-refractivity contribution in [3.63, 3.8) is 0 Å². The number of likely N-dealkylation sites (tertiary alicyclic amines) is 1. The zero-order valence-electron chi connectivity index (χ0n) is 17.0. The fraction of sp³-hybridized carbons (Fsp3) is 0.391. The number of hydrogen-bond acceptors (Lipinski definition) is 6. The molecule has 2 aromatic rings. The van der Waals surface area contributed by atoms with E-state index in [1.807, 2.05) is 19.1 Å². The molecule has 0 unspecified atom stereocenters. The van der Waals surface area contributed by atoms with Gasteiger partial charge in [-0.25, -0.2) is 0 Å². The third-order valence-electron chi connectivity index (χ3n) is 5.65.